The Labute approximate surface area is 124 Å². The second kappa shape index (κ2) is 6.22. The topological polar surface area (TPSA) is 61.7 Å². The highest BCUT2D eigenvalue weighted by Crippen LogP contribution is 2.23. The number of aliphatic imine (C=N–C) groups is 1. The van der Waals surface area contributed by atoms with Gasteiger partial charge in [-0.25, -0.2) is 0 Å². The molecule has 0 radical (unpaired) electrons. The van der Waals surface area contributed by atoms with Crippen LogP contribution in [0.4, 0.5) is 11.4 Å². The van der Waals surface area contributed by atoms with Crippen molar-refractivity contribution in [2.24, 2.45) is 4.99 Å². The summed E-state index contributed by atoms with van der Waals surface area (Å²) in [5, 5.41) is 12.7. The van der Waals surface area contributed by atoms with Crippen molar-refractivity contribution < 1.29 is 9.90 Å². The van der Waals surface area contributed by atoms with Crippen LogP contribution >= 0.6 is 0 Å². The monoisotopic (exact) mass is 282 g/mol. The van der Waals surface area contributed by atoms with Crippen LogP contribution in [0.25, 0.3) is 0 Å². The summed E-state index contributed by atoms with van der Waals surface area (Å²) >= 11 is 0. The second-order valence-corrected chi connectivity index (χ2v) is 5.01. The van der Waals surface area contributed by atoms with Crippen LogP contribution < -0.4 is 5.32 Å². The van der Waals surface area contributed by atoms with Crippen LogP contribution in [0.15, 0.2) is 41.4 Å². The molecule has 0 unspecified atom stereocenters. The Morgan fingerprint density at radius 1 is 1.19 bits per heavy atom. The Morgan fingerprint density at radius 2 is 1.86 bits per heavy atom. The lowest BCUT2D eigenvalue weighted by Crippen LogP contribution is -2.04. The first-order valence-electron chi connectivity index (χ1n) is 6.67. The standard InChI is InChI=1S/C17H18N2O2/c1-11-8-12(2)17(21)14(9-11)10-18-15-4-6-16(7-5-15)19-13(3)20/h4-10,21H,1-3H3,(H,19,20). The predicted molar refractivity (Wildman–Crippen MR) is 85.6 cm³/mol. The molecule has 108 valence electrons. The van der Waals surface area contributed by atoms with Gasteiger partial charge < -0.3 is 10.4 Å². The van der Waals surface area contributed by atoms with E-state index in [0.717, 1.165) is 22.5 Å². The number of aromatic hydroxyl groups is 1. The van der Waals surface area contributed by atoms with E-state index in [1.807, 2.05) is 38.1 Å². The average molecular weight is 282 g/mol. The molecule has 0 aliphatic rings. The lowest BCUT2D eigenvalue weighted by atomic mass is 10.1. The normalized spacial score (nSPS) is 10.8. The molecule has 0 saturated heterocycles. The number of hydrogen-bond acceptors (Lipinski definition) is 3. The fraction of sp³-hybridized carbons (Fsp3) is 0.176. The molecule has 0 aliphatic heterocycles. The zero-order valence-corrected chi connectivity index (χ0v) is 12.3. The van der Waals surface area contributed by atoms with Crippen molar-refractivity contribution in [1.82, 2.24) is 0 Å². The van der Waals surface area contributed by atoms with Gasteiger partial charge in [0.25, 0.3) is 0 Å². The number of amides is 1. The predicted octanol–water partition coefficient (Wildman–Crippen LogP) is 3.72. The van der Waals surface area contributed by atoms with E-state index in [9.17, 15) is 9.90 Å². The molecule has 0 atom stereocenters. The highest BCUT2D eigenvalue weighted by Gasteiger charge is 2.03. The quantitative estimate of drug-likeness (QED) is 0.843. The van der Waals surface area contributed by atoms with E-state index in [-0.39, 0.29) is 11.7 Å². The summed E-state index contributed by atoms with van der Waals surface area (Å²) in [7, 11) is 0. The Morgan fingerprint density at radius 3 is 2.48 bits per heavy atom. The van der Waals surface area contributed by atoms with Crippen molar-refractivity contribution in [2.45, 2.75) is 20.8 Å². The molecular formula is C17H18N2O2. The zero-order valence-electron chi connectivity index (χ0n) is 12.3. The van der Waals surface area contributed by atoms with Crippen LogP contribution in [0.2, 0.25) is 0 Å². The third-order valence-corrected chi connectivity index (χ3v) is 3.01. The Bertz CT molecular complexity index is 689. The molecule has 0 saturated carbocycles. The molecule has 0 spiro atoms. The van der Waals surface area contributed by atoms with Crippen molar-refractivity contribution in [3.63, 3.8) is 0 Å². The summed E-state index contributed by atoms with van der Waals surface area (Å²) in [6.45, 7) is 5.31. The first kappa shape index (κ1) is 14.8. The molecule has 1 amide bonds. The van der Waals surface area contributed by atoms with Crippen LogP contribution in [0, 0.1) is 13.8 Å². The van der Waals surface area contributed by atoms with Gasteiger partial charge in [0.2, 0.25) is 5.91 Å². The number of aryl methyl sites for hydroxylation is 2. The van der Waals surface area contributed by atoms with E-state index < -0.39 is 0 Å². The van der Waals surface area contributed by atoms with Gasteiger partial charge in [-0.2, -0.15) is 0 Å². The molecule has 2 aromatic rings. The van der Waals surface area contributed by atoms with Crippen LogP contribution in [0.5, 0.6) is 5.75 Å². The van der Waals surface area contributed by atoms with Crippen LogP contribution in [0.1, 0.15) is 23.6 Å². The van der Waals surface area contributed by atoms with Gasteiger partial charge >= 0.3 is 0 Å². The molecule has 0 fully saturated rings. The van der Waals surface area contributed by atoms with Gasteiger partial charge in [0.1, 0.15) is 5.75 Å². The number of nitrogens with zero attached hydrogens (tertiary/aromatic N) is 1. The summed E-state index contributed by atoms with van der Waals surface area (Å²) < 4.78 is 0. The van der Waals surface area contributed by atoms with Gasteiger partial charge in [-0.1, -0.05) is 6.07 Å². The fourth-order valence-corrected chi connectivity index (χ4v) is 2.07. The summed E-state index contributed by atoms with van der Waals surface area (Å²) in [6, 6.07) is 11.0. The smallest absolute Gasteiger partial charge is 0.221 e. The van der Waals surface area contributed by atoms with Crippen molar-refractivity contribution >= 4 is 23.5 Å². The molecule has 4 heteroatoms. The molecule has 0 bridgehead atoms. The Balaban J connectivity index is 2.20. The zero-order chi connectivity index (χ0) is 15.4. The van der Waals surface area contributed by atoms with Crippen molar-refractivity contribution in [2.75, 3.05) is 5.32 Å². The lowest BCUT2D eigenvalue weighted by molar-refractivity contribution is -0.114. The van der Waals surface area contributed by atoms with E-state index in [4.69, 9.17) is 0 Å². The number of nitrogens with one attached hydrogen (secondary N) is 1. The number of hydrogen-bond donors (Lipinski definition) is 2. The van der Waals surface area contributed by atoms with E-state index >= 15 is 0 Å². The Hall–Kier alpha value is -2.62. The van der Waals surface area contributed by atoms with Gasteiger partial charge in [0, 0.05) is 24.4 Å². The largest absolute Gasteiger partial charge is 0.507 e. The maximum Gasteiger partial charge on any atom is 0.221 e. The number of phenols is 1. The number of benzene rings is 2. The highest BCUT2D eigenvalue weighted by atomic mass is 16.3. The summed E-state index contributed by atoms with van der Waals surface area (Å²) in [5.41, 5.74) is 4.09. The third-order valence-electron chi connectivity index (χ3n) is 3.01. The van der Waals surface area contributed by atoms with Crippen LogP contribution in [-0.4, -0.2) is 17.2 Å². The molecule has 0 aromatic heterocycles. The number of rotatable bonds is 3. The van der Waals surface area contributed by atoms with Crippen molar-refractivity contribution in [3.05, 3.63) is 53.1 Å². The van der Waals surface area contributed by atoms with Gasteiger partial charge in [0.15, 0.2) is 0 Å². The fourth-order valence-electron chi connectivity index (χ4n) is 2.07. The molecule has 21 heavy (non-hydrogen) atoms. The van der Waals surface area contributed by atoms with Crippen molar-refractivity contribution in [3.8, 4) is 5.75 Å². The molecule has 2 rings (SSSR count). The third kappa shape index (κ3) is 3.92. The first-order chi connectivity index (χ1) is 9.95. The van der Waals surface area contributed by atoms with E-state index in [1.54, 1.807) is 18.3 Å². The van der Waals surface area contributed by atoms with Crippen molar-refractivity contribution in [1.29, 1.82) is 0 Å². The van der Waals surface area contributed by atoms with Gasteiger partial charge in [-0.05, 0) is 55.3 Å². The molecule has 4 nitrogen and oxygen atoms in total. The van der Waals surface area contributed by atoms with E-state index in [0.29, 0.717) is 5.56 Å². The maximum absolute atomic E-state index is 10.9. The van der Waals surface area contributed by atoms with Crippen LogP contribution in [-0.2, 0) is 4.79 Å². The molecule has 2 N–H and O–H groups in total. The van der Waals surface area contributed by atoms with Crippen LogP contribution in [0.3, 0.4) is 0 Å². The minimum atomic E-state index is -0.105. The summed E-state index contributed by atoms with van der Waals surface area (Å²) in [6.07, 6.45) is 1.64. The number of carbonyl (C=O) groups is 1. The number of phenolic OH excluding ortho intramolecular Hbond substituents is 1. The Kier molecular flexibility index (Phi) is 4.38. The van der Waals surface area contributed by atoms with E-state index in [1.165, 1.54) is 6.92 Å². The average Bonchev–Trinajstić information content (AvgIpc) is 2.42. The maximum atomic E-state index is 10.9. The number of anilines is 1. The minimum absolute atomic E-state index is 0.105. The molecular weight excluding hydrogens is 264 g/mol. The molecule has 0 aliphatic carbocycles. The van der Waals surface area contributed by atoms with E-state index in [2.05, 4.69) is 10.3 Å². The van der Waals surface area contributed by atoms with Gasteiger partial charge in [-0.3, -0.25) is 9.79 Å². The lowest BCUT2D eigenvalue weighted by Gasteiger charge is -2.05. The summed E-state index contributed by atoms with van der Waals surface area (Å²) in [4.78, 5) is 15.3. The molecule has 0 heterocycles. The minimum Gasteiger partial charge on any atom is -0.507 e. The summed E-state index contributed by atoms with van der Waals surface area (Å²) in [5.74, 6) is 0.144. The molecule has 2 aromatic carbocycles. The van der Waals surface area contributed by atoms with Gasteiger partial charge in [-0.15, -0.1) is 0 Å². The first-order valence-corrected chi connectivity index (χ1v) is 6.67. The SMILES string of the molecule is CC(=O)Nc1ccc(N=Cc2cc(C)cc(C)c2O)cc1. The van der Waals surface area contributed by atoms with Gasteiger partial charge in [0.05, 0.1) is 5.69 Å². The number of carbonyl (C=O) groups excluding carboxylic acids is 1. The highest BCUT2D eigenvalue weighted by molar-refractivity contribution is 5.89. The second-order valence-electron chi connectivity index (χ2n) is 5.01.